The number of aromatic amines is 1. The maximum Gasteiger partial charge on any atom is 0.290 e. The van der Waals surface area contributed by atoms with Crippen LogP contribution >= 0.6 is 0 Å². The first-order valence-electron chi connectivity index (χ1n) is 9.32. The molecule has 1 aromatic heterocycles. The molecular weight excluding hydrogens is 352 g/mol. The Morgan fingerprint density at radius 2 is 2.19 bits per heavy atom. The van der Waals surface area contributed by atoms with Gasteiger partial charge in [0, 0.05) is 50.3 Å². The van der Waals surface area contributed by atoms with Crippen molar-refractivity contribution in [2.75, 3.05) is 26.3 Å². The summed E-state index contributed by atoms with van der Waals surface area (Å²) >= 11 is 0. The summed E-state index contributed by atoms with van der Waals surface area (Å²) in [5, 5.41) is 26.3. The molecule has 0 aliphatic carbocycles. The van der Waals surface area contributed by atoms with Gasteiger partial charge in [-0.25, -0.2) is 0 Å². The maximum absolute atomic E-state index is 12.2. The fourth-order valence-corrected chi connectivity index (χ4v) is 3.68. The highest BCUT2D eigenvalue weighted by molar-refractivity contribution is 5.76. The Kier molecular flexibility index (Phi) is 8.21. The van der Waals surface area contributed by atoms with Crippen LogP contribution in [0.1, 0.15) is 36.2 Å². The van der Waals surface area contributed by atoms with E-state index in [-0.39, 0.29) is 31.1 Å². The lowest BCUT2D eigenvalue weighted by Gasteiger charge is -2.34. The normalized spacial score (nSPS) is 24.6. The Bertz CT molecular complexity index is 621. The number of aromatic nitrogens is 2. The zero-order chi connectivity index (χ0) is 19.8. The minimum Gasteiger partial charge on any atom is -0.483 e. The third-order valence-corrected chi connectivity index (χ3v) is 5.25. The van der Waals surface area contributed by atoms with Crippen molar-refractivity contribution >= 4 is 12.4 Å². The van der Waals surface area contributed by atoms with Crippen molar-refractivity contribution in [3.05, 3.63) is 17.0 Å². The van der Waals surface area contributed by atoms with E-state index < -0.39 is 0 Å². The van der Waals surface area contributed by atoms with Crippen LogP contribution in [0.2, 0.25) is 0 Å². The molecule has 2 fully saturated rings. The molecule has 2 saturated heterocycles. The number of carbonyl (C=O) groups is 2. The van der Waals surface area contributed by atoms with Crippen LogP contribution in [-0.4, -0.2) is 82.2 Å². The Labute approximate surface area is 159 Å². The Balaban J connectivity index is 0.000000817. The summed E-state index contributed by atoms with van der Waals surface area (Å²) in [5.41, 5.74) is 3.19. The molecule has 0 radical (unpaired) electrons. The molecule has 2 aliphatic rings. The second-order valence-electron chi connectivity index (χ2n) is 7.10. The van der Waals surface area contributed by atoms with Gasteiger partial charge < -0.3 is 20.3 Å². The lowest BCUT2D eigenvalue weighted by atomic mass is 10.1. The zero-order valence-electron chi connectivity index (χ0n) is 16.0. The number of ether oxygens (including phenoxy) is 1. The number of hydrogen-bond donors (Lipinski definition) is 4. The van der Waals surface area contributed by atoms with E-state index in [4.69, 9.17) is 19.7 Å². The molecule has 0 unspecified atom stereocenters. The van der Waals surface area contributed by atoms with Crippen LogP contribution in [0.5, 0.6) is 0 Å². The van der Waals surface area contributed by atoms with Gasteiger partial charge in [0.05, 0.1) is 18.4 Å². The predicted molar refractivity (Wildman–Crippen MR) is 98.4 cm³/mol. The molecule has 152 valence electrons. The summed E-state index contributed by atoms with van der Waals surface area (Å²) in [6.07, 6.45) is 2.88. The Hall–Kier alpha value is -1.97. The molecule has 27 heavy (non-hydrogen) atoms. The summed E-state index contributed by atoms with van der Waals surface area (Å²) in [7, 11) is 0. The van der Waals surface area contributed by atoms with E-state index in [1.807, 2.05) is 13.8 Å². The molecular formula is C18H30N4O5. The van der Waals surface area contributed by atoms with Gasteiger partial charge in [0.2, 0.25) is 5.91 Å². The molecule has 0 aromatic carbocycles. The number of morpholine rings is 1. The van der Waals surface area contributed by atoms with Gasteiger partial charge in [0.1, 0.15) is 0 Å². The highest BCUT2D eigenvalue weighted by atomic mass is 16.5. The van der Waals surface area contributed by atoms with Crippen molar-refractivity contribution < 1.29 is 24.5 Å². The fourth-order valence-electron chi connectivity index (χ4n) is 3.68. The number of nitrogens with one attached hydrogen (secondary N) is 2. The number of rotatable bonds is 6. The third-order valence-electron chi connectivity index (χ3n) is 5.25. The van der Waals surface area contributed by atoms with Gasteiger partial charge >= 0.3 is 0 Å². The van der Waals surface area contributed by atoms with E-state index in [2.05, 4.69) is 20.4 Å². The number of aryl methyl sites for hydroxylation is 2. The van der Waals surface area contributed by atoms with Crippen LogP contribution in [-0.2, 0) is 20.7 Å². The Morgan fingerprint density at radius 1 is 1.44 bits per heavy atom. The number of aliphatic hydroxyl groups excluding tert-OH is 1. The summed E-state index contributed by atoms with van der Waals surface area (Å²) < 4.78 is 5.78. The third kappa shape index (κ3) is 6.02. The first kappa shape index (κ1) is 21.3. The van der Waals surface area contributed by atoms with Crippen LogP contribution in [0.3, 0.4) is 0 Å². The molecule has 3 heterocycles. The number of aliphatic hydroxyl groups is 1. The predicted octanol–water partition coefficient (Wildman–Crippen LogP) is 0.000240. The molecule has 1 aromatic rings. The monoisotopic (exact) mass is 382 g/mol. The molecule has 9 heteroatoms. The maximum atomic E-state index is 12.2. The molecule has 2 aliphatic heterocycles. The highest BCUT2D eigenvalue weighted by Gasteiger charge is 2.37. The number of hydrogen-bond acceptors (Lipinski definition) is 6. The number of carbonyl (C=O) groups excluding carboxylic acids is 1. The minimum absolute atomic E-state index is 0.0905. The summed E-state index contributed by atoms with van der Waals surface area (Å²) in [4.78, 5) is 23.0. The summed E-state index contributed by atoms with van der Waals surface area (Å²) in [6, 6.07) is 0.586. The lowest BCUT2D eigenvalue weighted by Crippen LogP contribution is -2.46. The molecule has 1 amide bonds. The van der Waals surface area contributed by atoms with Gasteiger partial charge in [-0.1, -0.05) is 0 Å². The van der Waals surface area contributed by atoms with Crippen molar-refractivity contribution in [3.8, 4) is 0 Å². The number of amides is 1. The molecule has 3 rings (SSSR count). The first-order chi connectivity index (χ1) is 13.0. The molecule has 9 nitrogen and oxygen atoms in total. The topological polar surface area (TPSA) is 128 Å². The minimum atomic E-state index is -0.250. The van der Waals surface area contributed by atoms with Crippen molar-refractivity contribution in [2.24, 2.45) is 0 Å². The second kappa shape index (κ2) is 10.4. The second-order valence-corrected chi connectivity index (χ2v) is 7.10. The molecule has 3 atom stereocenters. The van der Waals surface area contributed by atoms with Gasteiger partial charge in [0.15, 0.2) is 0 Å². The van der Waals surface area contributed by atoms with Crippen molar-refractivity contribution in [1.29, 1.82) is 0 Å². The van der Waals surface area contributed by atoms with Gasteiger partial charge in [0.25, 0.3) is 6.47 Å². The number of fused-ring (bicyclic) bond motifs is 1. The van der Waals surface area contributed by atoms with Crippen LogP contribution in [0.4, 0.5) is 0 Å². The van der Waals surface area contributed by atoms with Crippen LogP contribution in [0.25, 0.3) is 0 Å². The largest absolute Gasteiger partial charge is 0.483 e. The molecule has 0 saturated carbocycles. The molecule has 0 spiro atoms. The van der Waals surface area contributed by atoms with Gasteiger partial charge in [-0.05, 0) is 32.3 Å². The van der Waals surface area contributed by atoms with E-state index in [0.29, 0.717) is 31.9 Å². The van der Waals surface area contributed by atoms with Crippen LogP contribution in [0, 0.1) is 13.8 Å². The van der Waals surface area contributed by atoms with Gasteiger partial charge in [-0.2, -0.15) is 5.10 Å². The highest BCUT2D eigenvalue weighted by Crippen LogP contribution is 2.24. The standard InChI is InChI=1S/C17H28N4O3.CH2O2/c1-11-12(2)19-20-16(11)3-4-17(23)18-13-7-14-10-24-15(5-6-22)9-21(14)8-13;2-1-3/h13-15,22H,3-10H2,1-2H3,(H,18,23)(H,19,20);1H,(H,2,3)/t13-,14-,15-;/m0./s1. The fraction of sp³-hybridized carbons (Fsp3) is 0.722. The average Bonchev–Trinajstić information content (AvgIpc) is 3.17. The zero-order valence-corrected chi connectivity index (χ0v) is 16.0. The SMILES string of the molecule is Cc1[nH]nc(CCC(=O)N[C@H]2C[C@H]3CO[C@@H](CCO)CN3C2)c1C.O=CO. The van der Waals surface area contributed by atoms with E-state index in [9.17, 15) is 4.79 Å². The van der Waals surface area contributed by atoms with Crippen LogP contribution in [0.15, 0.2) is 0 Å². The van der Waals surface area contributed by atoms with Gasteiger partial charge in [-0.15, -0.1) is 0 Å². The van der Waals surface area contributed by atoms with Gasteiger partial charge in [-0.3, -0.25) is 19.6 Å². The van der Waals surface area contributed by atoms with E-state index in [1.165, 1.54) is 0 Å². The quantitative estimate of drug-likeness (QED) is 0.510. The van der Waals surface area contributed by atoms with Crippen molar-refractivity contribution in [2.45, 2.75) is 57.7 Å². The smallest absolute Gasteiger partial charge is 0.290 e. The Morgan fingerprint density at radius 3 is 2.81 bits per heavy atom. The molecule has 4 N–H and O–H groups in total. The number of H-pyrrole nitrogens is 1. The first-order valence-corrected chi connectivity index (χ1v) is 9.32. The van der Waals surface area contributed by atoms with Crippen molar-refractivity contribution in [1.82, 2.24) is 20.4 Å². The summed E-state index contributed by atoms with van der Waals surface area (Å²) in [5.74, 6) is 0.0905. The van der Waals surface area contributed by atoms with E-state index in [1.54, 1.807) is 0 Å². The summed E-state index contributed by atoms with van der Waals surface area (Å²) in [6.45, 7) is 6.36. The number of carboxylic acid groups (broad SMARTS) is 1. The average molecular weight is 382 g/mol. The van der Waals surface area contributed by atoms with Crippen LogP contribution < -0.4 is 5.32 Å². The molecule has 0 bridgehead atoms. The van der Waals surface area contributed by atoms with Crippen molar-refractivity contribution in [3.63, 3.8) is 0 Å². The van der Waals surface area contributed by atoms with E-state index >= 15 is 0 Å². The lowest BCUT2D eigenvalue weighted by molar-refractivity contribution is -0.123. The van der Waals surface area contributed by atoms with E-state index in [0.717, 1.165) is 36.5 Å². The number of nitrogens with zero attached hydrogens (tertiary/aromatic N) is 2.